The maximum absolute atomic E-state index is 2.65. The molecule has 0 heterocycles. The summed E-state index contributed by atoms with van der Waals surface area (Å²) in [6, 6.07) is 0. The van der Waals surface area contributed by atoms with Crippen LogP contribution in [0, 0.1) is 0 Å². The predicted octanol–water partition coefficient (Wildman–Crippen LogP) is 3.46. The van der Waals surface area contributed by atoms with Gasteiger partial charge in [0.2, 0.25) is 0 Å². The Kier molecular flexibility index (Phi) is 4.35. The molecular weight excluding hydrogens is 265 g/mol. The van der Waals surface area contributed by atoms with Crippen molar-refractivity contribution in [2.24, 2.45) is 0 Å². The zero-order valence-corrected chi connectivity index (χ0v) is 16.5. The van der Waals surface area contributed by atoms with E-state index in [0.717, 1.165) is 0 Å². The molecule has 0 nitrogen and oxygen atoms in total. The molecule has 0 aliphatic rings. The molecule has 0 saturated carbocycles. The molecule has 0 bridgehead atoms. The Labute approximate surface area is 90.9 Å². The van der Waals surface area contributed by atoms with Crippen molar-refractivity contribution in [3.8, 4) is 0 Å². The van der Waals surface area contributed by atoms with Crippen LogP contribution < -0.4 is 0 Å². The zero-order valence-electron chi connectivity index (χ0n) is 11.1. The van der Waals surface area contributed by atoms with E-state index in [-0.39, 0.29) is 0 Å². The fourth-order valence-corrected chi connectivity index (χ4v) is 182. The van der Waals surface area contributed by atoms with Crippen LogP contribution in [0.4, 0.5) is 0 Å². The van der Waals surface area contributed by atoms with Crippen LogP contribution in [0.15, 0.2) is 0 Å². The molecule has 0 N–H and O–H groups in total. The second kappa shape index (κ2) is 3.98. The number of rotatable bonds is 3. The monoisotopic (exact) mass is 294 g/mol. The normalized spacial score (nSPS) is 15.2. The van der Waals surface area contributed by atoms with E-state index in [0.29, 0.717) is 0 Å². The molecule has 0 radical (unpaired) electrons. The van der Waals surface area contributed by atoms with Crippen LogP contribution in [0.3, 0.4) is 0 Å². The third-order valence-electron chi connectivity index (χ3n) is 2.60. The van der Waals surface area contributed by atoms with E-state index >= 15 is 0 Å². The summed E-state index contributed by atoms with van der Waals surface area (Å²) in [4.78, 5) is 0. The summed E-state index contributed by atoms with van der Waals surface area (Å²) >= 11 is -0.917. The molecule has 0 spiro atoms. The summed E-state index contributed by atoms with van der Waals surface area (Å²) in [5.74, 6) is 0. The first-order valence-corrected chi connectivity index (χ1v) is 27.0. The second-order valence-corrected chi connectivity index (χ2v) is 74.2. The van der Waals surface area contributed by atoms with Crippen molar-refractivity contribution >= 4 is 32.2 Å². The van der Waals surface area contributed by atoms with Crippen LogP contribution >= 0.6 is 0 Å². The van der Waals surface area contributed by atoms with Gasteiger partial charge in [-0.05, 0) is 0 Å². The summed E-state index contributed by atoms with van der Waals surface area (Å²) in [6.07, 6.45) is 0. The van der Waals surface area contributed by atoms with Crippen molar-refractivity contribution < 1.29 is 0 Å². The molecule has 0 atom stereocenters. The van der Waals surface area contributed by atoms with Gasteiger partial charge in [-0.1, -0.05) is 0 Å². The number of hydrogen-bond donors (Lipinski definition) is 0. The SMILES string of the molecule is C[Si](C)(C)[GeH]([Si](C)(C)C)[Si](C)(C)C. The molecule has 0 rings (SSSR count). The molecular formula is C9H28GeSi3. The average Bonchev–Trinajstić information content (AvgIpc) is 1.44. The van der Waals surface area contributed by atoms with Gasteiger partial charge in [-0.2, -0.15) is 0 Å². The Hall–Kier alpha value is 1.19. The summed E-state index contributed by atoms with van der Waals surface area (Å²) < 4.78 is 0. The van der Waals surface area contributed by atoms with Crippen LogP contribution in [0.5, 0.6) is 0 Å². The first-order chi connectivity index (χ1) is 5.37. The van der Waals surface area contributed by atoms with Crippen molar-refractivity contribution in [1.82, 2.24) is 0 Å². The molecule has 13 heavy (non-hydrogen) atoms. The fraction of sp³-hybridized carbons (Fsp3) is 1.00. The fourth-order valence-electron chi connectivity index (χ4n) is 3.90. The van der Waals surface area contributed by atoms with Crippen molar-refractivity contribution in [2.45, 2.75) is 58.9 Å². The van der Waals surface area contributed by atoms with Crippen molar-refractivity contribution in [1.29, 1.82) is 0 Å². The predicted molar refractivity (Wildman–Crippen MR) is 77.2 cm³/mol. The van der Waals surface area contributed by atoms with Gasteiger partial charge in [-0.15, -0.1) is 0 Å². The quantitative estimate of drug-likeness (QED) is 0.699. The van der Waals surface area contributed by atoms with E-state index in [4.69, 9.17) is 0 Å². The average molecular weight is 293 g/mol. The van der Waals surface area contributed by atoms with Gasteiger partial charge in [0.1, 0.15) is 0 Å². The Balaban J connectivity index is 5.02. The summed E-state index contributed by atoms with van der Waals surface area (Å²) in [6.45, 7) is 21.6. The summed E-state index contributed by atoms with van der Waals surface area (Å²) in [5, 5.41) is 0. The third-order valence-corrected chi connectivity index (χ3v) is 122. The third kappa shape index (κ3) is 4.49. The molecule has 0 aromatic heterocycles. The Bertz CT molecular complexity index is 137. The Morgan fingerprint density at radius 3 is 0.615 bits per heavy atom. The minimum atomic E-state index is -0.917. The van der Waals surface area contributed by atoms with Gasteiger partial charge in [0, 0.05) is 0 Å². The summed E-state index contributed by atoms with van der Waals surface area (Å²) in [5.41, 5.74) is 0. The van der Waals surface area contributed by atoms with Gasteiger partial charge in [0.15, 0.2) is 0 Å². The van der Waals surface area contributed by atoms with Gasteiger partial charge in [-0.3, -0.25) is 0 Å². The molecule has 0 unspecified atom stereocenters. The Morgan fingerprint density at radius 1 is 0.462 bits per heavy atom. The van der Waals surface area contributed by atoms with Crippen LogP contribution in [-0.4, -0.2) is 32.2 Å². The van der Waals surface area contributed by atoms with Gasteiger partial charge in [0.25, 0.3) is 0 Å². The topological polar surface area (TPSA) is 0 Å². The van der Waals surface area contributed by atoms with E-state index in [1.807, 2.05) is 0 Å². The first kappa shape index (κ1) is 14.2. The van der Waals surface area contributed by atoms with E-state index in [2.05, 4.69) is 58.9 Å². The van der Waals surface area contributed by atoms with Gasteiger partial charge >= 0.3 is 91.1 Å². The zero-order chi connectivity index (χ0) is 11.1. The summed E-state index contributed by atoms with van der Waals surface area (Å²) in [7, 11) is 0. The first-order valence-electron chi connectivity index (χ1n) is 5.37. The van der Waals surface area contributed by atoms with Gasteiger partial charge < -0.3 is 0 Å². The van der Waals surface area contributed by atoms with Crippen molar-refractivity contribution in [2.75, 3.05) is 0 Å². The van der Waals surface area contributed by atoms with E-state index in [1.165, 1.54) is 0 Å². The van der Waals surface area contributed by atoms with E-state index in [1.54, 1.807) is 0 Å². The van der Waals surface area contributed by atoms with Gasteiger partial charge in [0.05, 0.1) is 0 Å². The molecule has 80 valence electrons. The standard InChI is InChI=1S/C9H28GeSi3/c1-11(2,3)10(12(4,5)6)13(7,8)9/h10H,1-9H3. The molecule has 0 aliphatic carbocycles. The molecule has 4 heteroatoms. The molecule has 0 fully saturated rings. The number of hydrogen-bond acceptors (Lipinski definition) is 0. The molecule has 0 saturated heterocycles. The second-order valence-electron chi connectivity index (χ2n) is 7.53. The van der Waals surface area contributed by atoms with Crippen molar-refractivity contribution in [3.05, 3.63) is 0 Å². The Morgan fingerprint density at radius 2 is 0.615 bits per heavy atom. The van der Waals surface area contributed by atoms with Crippen LogP contribution in [0.1, 0.15) is 0 Å². The molecule has 0 amide bonds. The van der Waals surface area contributed by atoms with Crippen LogP contribution in [-0.2, 0) is 0 Å². The van der Waals surface area contributed by atoms with Crippen LogP contribution in [0.2, 0.25) is 58.9 Å². The van der Waals surface area contributed by atoms with Gasteiger partial charge in [-0.25, -0.2) is 0 Å². The maximum atomic E-state index is 2.65. The van der Waals surface area contributed by atoms with Crippen LogP contribution in [0.25, 0.3) is 0 Å². The molecule has 0 aliphatic heterocycles. The van der Waals surface area contributed by atoms with E-state index < -0.39 is 32.2 Å². The van der Waals surface area contributed by atoms with E-state index in [9.17, 15) is 0 Å². The van der Waals surface area contributed by atoms with Crippen molar-refractivity contribution in [3.63, 3.8) is 0 Å². The molecule has 0 aromatic carbocycles. The minimum absolute atomic E-state index is 0.747. The molecule has 0 aromatic rings.